The number of nitrogens with zero attached hydrogens (tertiary/aromatic N) is 3. The summed E-state index contributed by atoms with van der Waals surface area (Å²) in [5.41, 5.74) is 11.1. The van der Waals surface area contributed by atoms with Crippen molar-refractivity contribution in [3.63, 3.8) is 0 Å². The fourth-order valence-electron chi connectivity index (χ4n) is 1.97. The highest BCUT2D eigenvalue weighted by Gasteiger charge is 2.16. The third kappa shape index (κ3) is 8.29. The number of benzene rings is 1. The third-order valence-corrected chi connectivity index (χ3v) is 3.29. The average Bonchev–Trinajstić information content (AvgIpc) is 3.13. The number of aliphatic hydroxyl groups is 1. The molecule has 27 heavy (non-hydrogen) atoms. The van der Waals surface area contributed by atoms with Crippen LogP contribution in [0.4, 0.5) is 4.79 Å². The molecule has 2 aromatic rings. The molecule has 1 atom stereocenters. The predicted octanol–water partition coefficient (Wildman–Crippen LogP) is 0.285. The smallest absolute Gasteiger partial charge is 0.318 e. The van der Waals surface area contributed by atoms with E-state index in [4.69, 9.17) is 15.4 Å². The van der Waals surface area contributed by atoms with Crippen molar-refractivity contribution in [3.05, 3.63) is 47.6 Å². The molecule has 1 aromatic carbocycles. The summed E-state index contributed by atoms with van der Waals surface area (Å²) in [6, 6.07) is 8.84. The van der Waals surface area contributed by atoms with E-state index in [1.165, 1.54) is 6.92 Å². The van der Waals surface area contributed by atoms with Crippen molar-refractivity contribution in [3.8, 4) is 0 Å². The van der Waals surface area contributed by atoms with E-state index in [2.05, 4.69) is 21.2 Å². The number of rotatable bonds is 7. The van der Waals surface area contributed by atoms with Crippen LogP contribution in [-0.2, 0) is 17.9 Å². The first-order valence-electron chi connectivity index (χ1n) is 8.39. The van der Waals surface area contributed by atoms with Gasteiger partial charge in [-0.1, -0.05) is 35.5 Å². The Kier molecular flexibility index (Phi) is 9.48. The van der Waals surface area contributed by atoms with E-state index < -0.39 is 6.04 Å². The van der Waals surface area contributed by atoms with E-state index >= 15 is 0 Å². The maximum Gasteiger partial charge on any atom is 0.318 e. The maximum atomic E-state index is 12.2. The zero-order valence-corrected chi connectivity index (χ0v) is 15.5. The molecule has 0 aliphatic rings. The fraction of sp³-hybridized carbons (Fsp3) is 0.412. The molecule has 3 amide bonds. The zero-order valence-electron chi connectivity index (χ0n) is 15.5. The second-order valence-corrected chi connectivity index (χ2v) is 5.60. The van der Waals surface area contributed by atoms with Gasteiger partial charge in [0.05, 0.1) is 19.2 Å². The van der Waals surface area contributed by atoms with Crippen LogP contribution in [-0.4, -0.2) is 45.2 Å². The SMILES string of the molecule is CC(N)=O.CCN(Cc1ccccc1)C(=O)NCc1nc(C(N)CO)no1. The van der Waals surface area contributed by atoms with Gasteiger partial charge in [-0.25, -0.2) is 4.79 Å². The molecule has 2 rings (SSSR count). The molecule has 0 saturated carbocycles. The Labute approximate surface area is 157 Å². The number of nitrogens with one attached hydrogen (secondary N) is 1. The lowest BCUT2D eigenvalue weighted by molar-refractivity contribution is -0.115. The number of aromatic nitrogens is 2. The topological polar surface area (TPSA) is 161 Å². The Bertz CT molecular complexity index is 702. The van der Waals surface area contributed by atoms with Crippen LogP contribution in [0.5, 0.6) is 0 Å². The van der Waals surface area contributed by atoms with E-state index in [1.807, 2.05) is 37.3 Å². The standard InChI is InChI=1S/C15H21N5O3.C2H5NO/c1-2-20(9-11-6-4-3-5-7-11)15(22)17-8-13-18-14(19-23-13)12(16)10-21;1-2(3)4/h3-7,12,21H,2,8-10,16H2,1H3,(H,17,22);1H3,(H2,3,4). The van der Waals surface area contributed by atoms with Crippen LogP contribution >= 0.6 is 0 Å². The van der Waals surface area contributed by atoms with Gasteiger partial charge < -0.3 is 31.3 Å². The molecule has 10 heteroatoms. The number of aliphatic hydroxyl groups excluding tert-OH is 1. The molecule has 0 fully saturated rings. The molecule has 1 aromatic heterocycles. The molecular weight excluding hydrogens is 352 g/mol. The number of carbonyl (C=O) groups excluding carboxylic acids is 2. The van der Waals surface area contributed by atoms with Crippen molar-refractivity contribution in [2.24, 2.45) is 11.5 Å². The Morgan fingerprint density at radius 2 is 1.96 bits per heavy atom. The molecule has 0 bridgehead atoms. The number of primary amides is 1. The second kappa shape index (κ2) is 11.6. The highest BCUT2D eigenvalue weighted by atomic mass is 16.5. The molecule has 0 radical (unpaired) electrons. The molecule has 1 heterocycles. The van der Waals surface area contributed by atoms with Crippen LogP contribution in [0, 0.1) is 0 Å². The summed E-state index contributed by atoms with van der Waals surface area (Å²) in [6.45, 7) is 4.15. The van der Waals surface area contributed by atoms with Gasteiger partial charge in [0.15, 0.2) is 5.82 Å². The fourth-order valence-corrected chi connectivity index (χ4v) is 1.97. The van der Waals surface area contributed by atoms with Crippen LogP contribution in [0.15, 0.2) is 34.9 Å². The number of amides is 3. The highest BCUT2D eigenvalue weighted by Crippen LogP contribution is 2.07. The Morgan fingerprint density at radius 1 is 1.33 bits per heavy atom. The van der Waals surface area contributed by atoms with E-state index in [0.29, 0.717) is 13.1 Å². The van der Waals surface area contributed by atoms with Gasteiger partial charge in [0.1, 0.15) is 0 Å². The van der Waals surface area contributed by atoms with Crippen molar-refractivity contribution in [1.29, 1.82) is 0 Å². The first kappa shape index (κ1) is 22.1. The number of carbonyl (C=O) groups is 2. The Hall–Kier alpha value is -2.98. The summed E-state index contributed by atoms with van der Waals surface area (Å²) in [6.07, 6.45) is 0. The lowest BCUT2D eigenvalue weighted by atomic mass is 10.2. The van der Waals surface area contributed by atoms with Crippen molar-refractivity contribution in [1.82, 2.24) is 20.4 Å². The summed E-state index contributed by atoms with van der Waals surface area (Å²) in [5, 5.41) is 15.3. The minimum absolute atomic E-state index is 0.106. The number of hydrogen-bond donors (Lipinski definition) is 4. The van der Waals surface area contributed by atoms with Crippen LogP contribution in [0.25, 0.3) is 0 Å². The molecule has 148 valence electrons. The summed E-state index contributed by atoms with van der Waals surface area (Å²) >= 11 is 0. The molecule has 0 saturated heterocycles. The van der Waals surface area contributed by atoms with Gasteiger partial charge in [0, 0.05) is 20.0 Å². The third-order valence-electron chi connectivity index (χ3n) is 3.29. The monoisotopic (exact) mass is 378 g/mol. The van der Waals surface area contributed by atoms with Gasteiger partial charge in [0.25, 0.3) is 0 Å². The maximum absolute atomic E-state index is 12.2. The first-order chi connectivity index (χ1) is 12.9. The van der Waals surface area contributed by atoms with Crippen LogP contribution in [0.3, 0.4) is 0 Å². The minimum atomic E-state index is -0.687. The molecule has 6 N–H and O–H groups in total. The van der Waals surface area contributed by atoms with Crippen molar-refractivity contribution >= 4 is 11.9 Å². The van der Waals surface area contributed by atoms with Gasteiger partial charge in [-0.3, -0.25) is 4.79 Å². The summed E-state index contributed by atoms with van der Waals surface area (Å²) in [7, 11) is 0. The predicted molar refractivity (Wildman–Crippen MR) is 97.9 cm³/mol. The van der Waals surface area contributed by atoms with Gasteiger partial charge in [-0.2, -0.15) is 4.98 Å². The van der Waals surface area contributed by atoms with E-state index in [-0.39, 0.29) is 36.8 Å². The molecule has 0 aliphatic carbocycles. The lowest BCUT2D eigenvalue weighted by Gasteiger charge is -2.21. The largest absolute Gasteiger partial charge is 0.394 e. The van der Waals surface area contributed by atoms with Crippen LogP contribution in [0.1, 0.15) is 37.2 Å². The minimum Gasteiger partial charge on any atom is -0.394 e. The quantitative estimate of drug-likeness (QED) is 0.538. The van der Waals surface area contributed by atoms with E-state index in [1.54, 1.807) is 4.90 Å². The van der Waals surface area contributed by atoms with E-state index in [9.17, 15) is 9.59 Å². The highest BCUT2D eigenvalue weighted by molar-refractivity contribution is 5.74. The molecule has 10 nitrogen and oxygen atoms in total. The number of nitrogens with two attached hydrogens (primary N) is 2. The number of hydrogen-bond acceptors (Lipinski definition) is 7. The molecule has 0 aliphatic heterocycles. The Balaban J connectivity index is 0.000000828. The van der Waals surface area contributed by atoms with Crippen molar-refractivity contribution in [2.45, 2.75) is 33.0 Å². The average molecular weight is 378 g/mol. The van der Waals surface area contributed by atoms with Gasteiger partial charge >= 0.3 is 6.03 Å². The molecule has 1 unspecified atom stereocenters. The van der Waals surface area contributed by atoms with Gasteiger partial charge in [-0.05, 0) is 12.5 Å². The summed E-state index contributed by atoms with van der Waals surface area (Å²) in [4.78, 5) is 27.1. The Morgan fingerprint density at radius 3 is 2.52 bits per heavy atom. The summed E-state index contributed by atoms with van der Waals surface area (Å²) in [5.74, 6) is 0.126. The molecular formula is C17H26N6O4. The van der Waals surface area contributed by atoms with Gasteiger partial charge in [0.2, 0.25) is 11.8 Å². The van der Waals surface area contributed by atoms with Crippen molar-refractivity contribution in [2.75, 3.05) is 13.2 Å². The molecule has 0 spiro atoms. The lowest BCUT2D eigenvalue weighted by Crippen LogP contribution is -2.39. The van der Waals surface area contributed by atoms with Crippen LogP contribution < -0.4 is 16.8 Å². The summed E-state index contributed by atoms with van der Waals surface area (Å²) < 4.78 is 4.98. The first-order valence-corrected chi connectivity index (χ1v) is 8.39. The zero-order chi connectivity index (χ0) is 20.2. The normalized spacial score (nSPS) is 11.1. The van der Waals surface area contributed by atoms with E-state index in [0.717, 1.165) is 5.56 Å². The second-order valence-electron chi connectivity index (χ2n) is 5.60. The number of urea groups is 1. The van der Waals surface area contributed by atoms with Crippen LogP contribution in [0.2, 0.25) is 0 Å². The van der Waals surface area contributed by atoms with Gasteiger partial charge in [-0.15, -0.1) is 0 Å². The van der Waals surface area contributed by atoms with Crippen molar-refractivity contribution < 1.29 is 19.2 Å².